The number of amides is 1. The molecule has 0 saturated carbocycles. The van der Waals surface area contributed by atoms with Crippen molar-refractivity contribution in [3.8, 4) is 11.1 Å². The van der Waals surface area contributed by atoms with Gasteiger partial charge in [-0.2, -0.15) is 0 Å². The topological polar surface area (TPSA) is 92.3 Å². The summed E-state index contributed by atoms with van der Waals surface area (Å²) >= 11 is 0. The molecule has 0 spiro atoms. The highest BCUT2D eigenvalue weighted by atomic mass is 32.2. The van der Waals surface area contributed by atoms with E-state index in [4.69, 9.17) is 0 Å². The number of benzene rings is 2. The van der Waals surface area contributed by atoms with E-state index in [9.17, 15) is 18.0 Å². The zero-order chi connectivity index (χ0) is 20.6. The number of sulfonamides is 1. The van der Waals surface area contributed by atoms with Gasteiger partial charge in [0.1, 0.15) is 0 Å². The van der Waals surface area contributed by atoms with Gasteiger partial charge in [-0.05, 0) is 23.6 Å². The number of hydrogen-bond donors (Lipinski definition) is 2. The van der Waals surface area contributed by atoms with E-state index in [-0.39, 0.29) is 18.2 Å². The van der Waals surface area contributed by atoms with Gasteiger partial charge in [0, 0.05) is 5.56 Å². The first-order chi connectivity index (χ1) is 13.3. The molecular weight excluding hydrogens is 376 g/mol. The number of Topliss-reactive ketones (excluding diaryl/α,β-unsaturated/α-hetero) is 1. The molecule has 2 aromatic carbocycles. The van der Waals surface area contributed by atoms with Crippen molar-refractivity contribution < 1.29 is 18.0 Å². The molecule has 2 aromatic rings. The second-order valence-electron chi connectivity index (χ2n) is 6.64. The fourth-order valence-corrected chi connectivity index (χ4v) is 3.24. The van der Waals surface area contributed by atoms with Crippen molar-refractivity contribution in [2.24, 2.45) is 0 Å². The van der Waals surface area contributed by atoms with E-state index in [1.165, 1.54) is 0 Å². The average Bonchev–Trinajstić information content (AvgIpc) is 2.69. The minimum absolute atomic E-state index is 0.339. The van der Waals surface area contributed by atoms with Gasteiger partial charge in [0.15, 0.2) is 5.78 Å². The van der Waals surface area contributed by atoms with Gasteiger partial charge in [-0.1, -0.05) is 68.3 Å². The molecule has 0 bridgehead atoms. The van der Waals surface area contributed by atoms with Crippen LogP contribution >= 0.6 is 0 Å². The summed E-state index contributed by atoms with van der Waals surface area (Å²) in [6.45, 7) is 1.65. The molecule has 150 valence electrons. The summed E-state index contributed by atoms with van der Waals surface area (Å²) in [5.74, 6) is -0.710. The van der Waals surface area contributed by atoms with E-state index in [1.807, 2.05) is 49.4 Å². The maximum Gasteiger partial charge on any atom is 0.252 e. The van der Waals surface area contributed by atoms with Crippen LogP contribution in [-0.2, 0) is 14.8 Å². The van der Waals surface area contributed by atoms with Crippen LogP contribution in [-0.4, -0.2) is 39.0 Å². The van der Waals surface area contributed by atoms with Gasteiger partial charge in [0.2, 0.25) is 10.0 Å². The van der Waals surface area contributed by atoms with Gasteiger partial charge in [-0.15, -0.1) is 0 Å². The Kier molecular flexibility index (Phi) is 7.90. The Morgan fingerprint density at radius 3 is 2.29 bits per heavy atom. The van der Waals surface area contributed by atoms with Crippen LogP contribution in [0.2, 0.25) is 0 Å². The zero-order valence-electron chi connectivity index (χ0n) is 16.1. The monoisotopic (exact) mass is 402 g/mol. The highest BCUT2D eigenvalue weighted by Crippen LogP contribution is 2.23. The van der Waals surface area contributed by atoms with E-state index >= 15 is 0 Å². The fraction of sp³-hybridized carbons (Fsp3) is 0.333. The first-order valence-electron chi connectivity index (χ1n) is 9.24. The summed E-state index contributed by atoms with van der Waals surface area (Å²) in [6, 6.07) is 16.0. The van der Waals surface area contributed by atoms with Crippen LogP contribution in [0.5, 0.6) is 0 Å². The van der Waals surface area contributed by atoms with Crippen LogP contribution in [0.25, 0.3) is 11.1 Å². The first kappa shape index (κ1) is 21.8. The molecule has 7 heteroatoms. The van der Waals surface area contributed by atoms with Crippen LogP contribution in [0.1, 0.15) is 36.5 Å². The average molecular weight is 403 g/mol. The normalized spacial score (nSPS) is 12.4. The van der Waals surface area contributed by atoms with E-state index in [0.717, 1.165) is 30.2 Å². The standard InChI is InChI=1S/C21H26N2O4S/c1-3-4-14-19(20(24)15-22-28(2,26)27)23-21(25)18-13-9-8-12-17(18)16-10-6-5-7-11-16/h5-13,19,22H,3-4,14-15H2,1-2H3,(H,23,25). The molecule has 6 nitrogen and oxygen atoms in total. The highest BCUT2D eigenvalue weighted by molar-refractivity contribution is 7.88. The molecule has 0 heterocycles. The first-order valence-corrected chi connectivity index (χ1v) is 11.1. The largest absolute Gasteiger partial charge is 0.342 e. The van der Waals surface area contributed by atoms with Gasteiger partial charge < -0.3 is 5.32 Å². The Balaban J connectivity index is 2.21. The molecule has 0 saturated heterocycles. The lowest BCUT2D eigenvalue weighted by atomic mass is 9.98. The summed E-state index contributed by atoms with van der Waals surface area (Å²) in [5.41, 5.74) is 2.15. The van der Waals surface area contributed by atoms with Gasteiger partial charge in [0.05, 0.1) is 18.8 Å². The maximum absolute atomic E-state index is 12.9. The predicted octanol–water partition coefficient (Wildman–Crippen LogP) is 2.76. The Bertz CT molecular complexity index is 911. The number of unbranched alkanes of at least 4 members (excludes halogenated alkanes) is 1. The third-order valence-electron chi connectivity index (χ3n) is 4.31. The van der Waals surface area contributed by atoms with E-state index in [1.54, 1.807) is 12.1 Å². The van der Waals surface area contributed by atoms with Crippen LogP contribution < -0.4 is 10.0 Å². The van der Waals surface area contributed by atoms with Gasteiger partial charge in [-0.25, -0.2) is 13.1 Å². The van der Waals surface area contributed by atoms with Crippen LogP contribution in [0.3, 0.4) is 0 Å². The minimum atomic E-state index is -3.48. The van der Waals surface area contributed by atoms with Crippen LogP contribution in [0, 0.1) is 0 Å². The van der Waals surface area contributed by atoms with Crippen molar-refractivity contribution in [1.29, 1.82) is 0 Å². The fourth-order valence-electron chi connectivity index (χ4n) is 2.83. The lowest BCUT2D eigenvalue weighted by Crippen LogP contribution is -2.45. The number of carbonyl (C=O) groups is 2. The van der Waals surface area contributed by atoms with E-state index in [2.05, 4.69) is 10.0 Å². The van der Waals surface area contributed by atoms with Gasteiger partial charge >= 0.3 is 0 Å². The lowest BCUT2D eigenvalue weighted by molar-refractivity contribution is -0.120. The smallest absolute Gasteiger partial charge is 0.252 e. The number of hydrogen-bond acceptors (Lipinski definition) is 4. The second-order valence-corrected chi connectivity index (χ2v) is 8.47. The summed E-state index contributed by atoms with van der Waals surface area (Å²) in [5, 5.41) is 2.79. The predicted molar refractivity (Wildman–Crippen MR) is 111 cm³/mol. The molecular formula is C21H26N2O4S. The molecule has 0 aromatic heterocycles. The molecule has 2 N–H and O–H groups in total. The van der Waals surface area contributed by atoms with E-state index < -0.39 is 16.1 Å². The lowest BCUT2D eigenvalue weighted by Gasteiger charge is -2.19. The summed E-state index contributed by atoms with van der Waals surface area (Å²) in [4.78, 5) is 25.4. The van der Waals surface area contributed by atoms with Crippen LogP contribution in [0.15, 0.2) is 54.6 Å². The quantitative estimate of drug-likeness (QED) is 0.639. The van der Waals surface area contributed by atoms with E-state index in [0.29, 0.717) is 12.0 Å². The van der Waals surface area contributed by atoms with Gasteiger partial charge in [-0.3, -0.25) is 9.59 Å². The number of rotatable bonds is 10. The Labute approximate surface area is 166 Å². The summed E-state index contributed by atoms with van der Waals surface area (Å²) in [7, 11) is -3.48. The number of ketones is 1. The molecule has 1 unspecified atom stereocenters. The number of nitrogens with one attached hydrogen (secondary N) is 2. The molecule has 28 heavy (non-hydrogen) atoms. The molecule has 2 rings (SSSR count). The highest BCUT2D eigenvalue weighted by Gasteiger charge is 2.23. The Morgan fingerprint density at radius 2 is 1.64 bits per heavy atom. The molecule has 0 radical (unpaired) electrons. The molecule has 0 fully saturated rings. The minimum Gasteiger partial charge on any atom is -0.342 e. The SMILES string of the molecule is CCCCC(NC(=O)c1ccccc1-c1ccccc1)C(=O)CNS(C)(=O)=O. The summed E-state index contributed by atoms with van der Waals surface area (Å²) in [6.07, 6.45) is 3.06. The van der Waals surface area contributed by atoms with Crippen molar-refractivity contribution >= 4 is 21.7 Å². The molecule has 0 aliphatic carbocycles. The van der Waals surface area contributed by atoms with Crippen molar-refractivity contribution in [2.75, 3.05) is 12.8 Å². The Hall–Kier alpha value is -2.51. The van der Waals surface area contributed by atoms with Crippen molar-refractivity contribution in [1.82, 2.24) is 10.0 Å². The van der Waals surface area contributed by atoms with Crippen molar-refractivity contribution in [2.45, 2.75) is 32.2 Å². The maximum atomic E-state index is 12.9. The molecule has 0 aliphatic rings. The summed E-state index contributed by atoms with van der Waals surface area (Å²) < 4.78 is 24.7. The Morgan fingerprint density at radius 1 is 1.00 bits per heavy atom. The molecule has 1 atom stereocenters. The molecule has 0 aliphatic heterocycles. The van der Waals surface area contributed by atoms with Crippen molar-refractivity contribution in [3.63, 3.8) is 0 Å². The molecule has 1 amide bonds. The van der Waals surface area contributed by atoms with Crippen LogP contribution in [0.4, 0.5) is 0 Å². The van der Waals surface area contributed by atoms with Gasteiger partial charge in [0.25, 0.3) is 5.91 Å². The number of carbonyl (C=O) groups excluding carboxylic acids is 2. The second kappa shape index (κ2) is 10.1. The van der Waals surface area contributed by atoms with Crippen molar-refractivity contribution in [3.05, 3.63) is 60.2 Å². The zero-order valence-corrected chi connectivity index (χ0v) is 17.0. The third kappa shape index (κ3) is 6.58. The third-order valence-corrected chi connectivity index (χ3v) is 4.97.